The smallest absolute Gasteiger partial charge is 0.330 e. The minimum absolute atomic E-state index is 0.00291. The Labute approximate surface area is 170 Å². The maximum Gasteiger partial charge on any atom is 0.330 e. The fourth-order valence-electron chi connectivity index (χ4n) is 2.63. The number of ether oxygens (including phenoxy) is 1. The summed E-state index contributed by atoms with van der Waals surface area (Å²) < 4.78 is 41.8. The molecule has 0 radical (unpaired) electrons. The molecule has 1 aliphatic rings. The molecule has 1 fully saturated rings. The van der Waals surface area contributed by atoms with Crippen LogP contribution in [0, 0.1) is 11.8 Å². The first-order chi connectivity index (χ1) is 13.7. The Balaban J connectivity index is 1.86. The van der Waals surface area contributed by atoms with E-state index in [1.165, 1.54) is 0 Å². The maximum atomic E-state index is 13.4. The molecule has 164 valence electrons. The van der Waals surface area contributed by atoms with E-state index in [4.69, 9.17) is 13.8 Å². The van der Waals surface area contributed by atoms with Crippen LogP contribution in [0.4, 0.5) is 4.39 Å². The number of nitrogens with zero attached hydrogens (tertiary/aromatic N) is 1. The number of carbonyl (C=O) groups is 1. The third-order valence-corrected chi connectivity index (χ3v) is 6.18. The van der Waals surface area contributed by atoms with Gasteiger partial charge in [0.25, 0.3) is 5.56 Å². The maximum absolute atomic E-state index is 13.4. The summed E-state index contributed by atoms with van der Waals surface area (Å²) in [7, 11) is -2.91. The molecule has 0 amide bonds. The SMILES string of the molecule is CC(C)C(=O)SCCO[PH](=O)OC[C@H]1O[C@@H](n2ccc(=O)[nH]c2=O)[C@H](O)[C@@H]1CF. The molecular weight excluding hydrogens is 430 g/mol. The molecule has 1 unspecified atom stereocenters. The van der Waals surface area contributed by atoms with Gasteiger partial charge >= 0.3 is 13.9 Å². The van der Waals surface area contributed by atoms with Crippen LogP contribution in [0.25, 0.3) is 0 Å². The molecule has 0 aliphatic carbocycles. The Morgan fingerprint density at radius 3 is 2.79 bits per heavy atom. The molecule has 1 aromatic heterocycles. The summed E-state index contributed by atoms with van der Waals surface area (Å²) in [6, 6.07) is 1.07. The summed E-state index contributed by atoms with van der Waals surface area (Å²) in [5, 5.41) is 10.3. The molecule has 10 nitrogen and oxygen atoms in total. The molecule has 2 heterocycles. The zero-order valence-electron chi connectivity index (χ0n) is 15.9. The van der Waals surface area contributed by atoms with Crippen LogP contribution in [-0.4, -0.2) is 57.6 Å². The van der Waals surface area contributed by atoms with E-state index in [0.717, 1.165) is 28.6 Å². The summed E-state index contributed by atoms with van der Waals surface area (Å²) in [4.78, 5) is 36.5. The highest BCUT2D eigenvalue weighted by Crippen LogP contribution is 2.35. The molecule has 5 atom stereocenters. The van der Waals surface area contributed by atoms with Crippen LogP contribution in [0.5, 0.6) is 0 Å². The number of nitrogens with one attached hydrogen (secondary N) is 1. The van der Waals surface area contributed by atoms with Crippen molar-refractivity contribution < 1.29 is 32.6 Å². The Kier molecular flexibility index (Phi) is 9.25. The largest absolute Gasteiger partial charge is 0.388 e. The van der Waals surface area contributed by atoms with Crippen LogP contribution in [0.1, 0.15) is 20.1 Å². The van der Waals surface area contributed by atoms with Crippen LogP contribution in [0.2, 0.25) is 0 Å². The number of halogens is 1. The van der Waals surface area contributed by atoms with Gasteiger partial charge in [-0.25, -0.2) is 4.79 Å². The second-order valence-electron chi connectivity index (χ2n) is 6.62. The van der Waals surface area contributed by atoms with Crippen molar-refractivity contribution in [3.63, 3.8) is 0 Å². The van der Waals surface area contributed by atoms with Gasteiger partial charge in [0.1, 0.15) is 6.10 Å². The molecule has 13 heteroatoms. The fourth-order valence-corrected chi connectivity index (χ4v) is 4.13. The van der Waals surface area contributed by atoms with E-state index >= 15 is 0 Å². The summed E-state index contributed by atoms with van der Waals surface area (Å²) in [5.41, 5.74) is -1.43. The van der Waals surface area contributed by atoms with Crippen LogP contribution in [0.15, 0.2) is 21.9 Å². The van der Waals surface area contributed by atoms with Gasteiger partial charge < -0.3 is 18.9 Å². The van der Waals surface area contributed by atoms with Crippen molar-refractivity contribution in [3.8, 4) is 0 Å². The summed E-state index contributed by atoms with van der Waals surface area (Å²) >= 11 is 1.07. The summed E-state index contributed by atoms with van der Waals surface area (Å²) in [6.45, 7) is 2.30. The minimum Gasteiger partial charge on any atom is -0.388 e. The highest BCUT2D eigenvalue weighted by molar-refractivity contribution is 8.13. The average molecular weight is 454 g/mol. The van der Waals surface area contributed by atoms with Gasteiger partial charge in [-0.3, -0.25) is 28.1 Å². The standard InChI is InChI=1S/C16H24FN2O8PS/c1-9(2)15(22)29-6-5-25-28(24)26-8-11-10(7-17)13(21)14(27-11)19-4-3-12(20)18-16(19)23/h3-4,9-11,13-14,21,28H,5-8H2,1-2H3,(H,18,20,23)/t10-,11-,13-,14-/m1/s1. The second-order valence-corrected chi connectivity index (χ2v) is 8.80. The lowest BCUT2D eigenvalue weighted by molar-refractivity contribution is -0.113. The number of aromatic nitrogens is 2. The van der Waals surface area contributed by atoms with Gasteiger partial charge in [0.2, 0.25) is 0 Å². The molecule has 1 aliphatic heterocycles. The van der Waals surface area contributed by atoms with Crippen molar-refractivity contribution in [1.29, 1.82) is 0 Å². The predicted octanol–water partition coefficient (Wildman–Crippen LogP) is 0.719. The molecule has 1 saturated heterocycles. The third kappa shape index (κ3) is 6.59. The second kappa shape index (κ2) is 11.2. The summed E-state index contributed by atoms with van der Waals surface area (Å²) in [5.74, 6) is -0.813. The van der Waals surface area contributed by atoms with Crippen LogP contribution in [-0.2, 0) is 23.1 Å². The Morgan fingerprint density at radius 1 is 1.45 bits per heavy atom. The number of rotatable bonds is 10. The molecule has 1 aromatic rings. The van der Waals surface area contributed by atoms with Crippen molar-refractivity contribution in [2.75, 3.05) is 25.6 Å². The zero-order chi connectivity index (χ0) is 21.6. The topological polar surface area (TPSA) is 137 Å². The number of carbonyl (C=O) groups excluding carboxylic acids is 1. The van der Waals surface area contributed by atoms with Crippen LogP contribution >= 0.6 is 20.0 Å². The molecule has 0 bridgehead atoms. The molecular formula is C16H24FN2O8PS. The van der Waals surface area contributed by atoms with E-state index in [2.05, 4.69) is 0 Å². The molecule has 2 rings (SSSR count). The molecule has 29 heavy (non-hydrogen) atoms. The number of H-pyrrole nitrogens is 1. The van der Waals surface area contributed by atoms with Gasteiger partial charge in [0, 0.05) is 29.9 Å². The van der Waals surface area contributed by atoms with Gasteiger partial charge in [-0.2, -0.15) is 0 Å². The number of hydrogen-bond donors (Lipinski definition) is 2. The molecule has 0 aromatic carbocycles. The van der Waals surface area contributed by atoms with E-state index in [1.807, 2.05) is 4.98 Å². The first-order valence-corrected chi connectivity index (χ1v) is 11.1. The van der Waals surface area contributed by atoms with Crippen LogP contribution in [0.3, 0.4) is 0 Å². The third-order valence-electron chi connectivity index (χ3n) is 4.21. The van der Waals surface area contributed by atoms with Gasteiger partial charge in [0.15, 0.2) is 11.3 Å². The normalized spacial score (nSPS) is 25.4. The summed E-state index contributed by atoms with van der Waals surface area (Å²) in [6.07, 6.45) is -2.45. The van der Waals surface area contributed by atoms with Crippen molar-refractivity contribution >= 4 is 25.1 Å². The average Bonchev–Trinajstić information content (AvgIpc) is 2.98. The lowest BCUT2D eigenvalue weighted by Crippen LogP contribution is -2.36. The van der Waals surface area contributed by atoms with Gasteiger partial charge in [-0.1, -0.05) is 25.6 Å². The lowest BCUT2D eigenvalue weighted by Gasteiger charge is -2.17. The van der Waals surface area contributed by atoms with Crippen molar-refractivity contribution in [3.05, 3.63) is 33.1 Å². The van der Waals surface area contributed by atoms with Crippen molar-refractivity contribution in [2.45, 2.75) is 32.3 Å². The van der Waals surface area contributed by atoms with Gasteiger partial charge in [0.05, 0.1) is 26.0 Å². The Bertz CT molecular complexity index is 832. The Morgan fingerprint density at radius 2 is 2.17 bits per heavy atom. The number of aliphatic hydroxyl groups is 1. The Hall–Kier alpha value is -1.30. The van der Waals surface area contributed by atoms with Gasteiger partial charge in [-0.15, -0.1) is 0 Å². The van der Waals surface area contributed by atoms with E-state index in [1.54, 1.807) is 13.8 Å². The molecule has 0 spiro atoms. The molecule has 2 N–H and O–H groups in total. The van der Waals surface area contributed by atoms with E-state index in [-0.39, 0.29) is 24.2 Å². The lowest BCUT2D eigenvalue weighted by atomic mass is 10.00. The quantitative estimate of drug-likeness (QED) is 0.387. The van der Waals surface area contributed by atoms with Crippen molar-refractivity contribution in [2.24, 2.45) is 11.8 Å². The van der Waals surface area contributed by atoms with Crippen molar-refractivity contribution in [1.82, 2.24) is 9.55 Å². The number of aliphatic hydroxyl groups excluding tert-OH is 1. The van der Waals surface area contributed by atoms with E-state index < -0.39 is 50.5 Å². The first-order valence-electron chi connectivity index (χ1n) is 8.91. The fraction of sp³-hybridized carbons (Fsp3) is 0.688. The minimum atomic E-state index is -2.91. The number of hydrogen-bond acceptors (Lipinski definition) is 9. The van der Waals surface area contributed by atoms with E-state index in [0.29, 0.717) is 5.75 Å². The van der Waals surface area contributed by atoms with E-state index in [9.17, 15) is 28.4 Å². The monoisotopic (exact) mass is 454 g/mol. The highest BCUT2D eigenvalue weighted by Gasteiger charge is 2.45. The first kappa shape index (κ1) is 24.0. The number of thioether (sulfide) groups is 1. The zero-order valence-corrected chi connectivity index (χ0v) is 17.7. The number of alkyl halides is 1. The highest BCUT2D eigenvalue weighted by atomic mass is 32.2. The van der Waals surface area contributed by atoms with Gasteiger partial charge in [-0.05, 0) is 0 Å². The van der Waals surface area contributed by atoms with Crippen LogP contribution < -0.4 is 11.2 Å². The molecule has 0 saturated carbocycles. The number of aromatic amines is 1. The predicted molar refractivity (Wildman–Crippen MR) is 104 cm³/mol.